The minimum absolute atomic E-state index is 0.611. The van der Waals surface area contributed by atoms with Crippen molar-refractivity contribution in [2.24, 2.45) is 0 Å². The molecule has 0 aliphatic heterocycles. The number of aromatic nitrogens is 2. The average molecular weight is 350 g/mol. The molecule has 0 N–H and O–H groups in total. The lowest BCUT2D eigenvalue weighted by Crippen LogP contribution is -1.86. The van der Waals surface area contributed by atoms with Crippen LogP contribution >= 0.6 is 11.6 Å². The number of rotatable bonds is 2. The molecule has 0 saturated heterocycles. The van der Waals surface area contributed by atoms with Gasteiger partial charge in [-0.3, -0.25) is 4.40 Å². The number of hydrogen-bond donors (Lipinski definition) is 0. The third-order valence-electron chi connectivity index (χ3n) is 3.66. The van der Waals surface area contributed by atoms with Gasteiger partial charge in [-0.05, 0) is 30.3 Å². The first-order valence-corrected chi connectivity index (χ1v) is 8.37. The fraction of sp³-hybridized carbons (Fsp3) is 0.100. The summed E-state index contributed by atoms with van der Waals surface area (Å²) in [5, 5.41) is 9.54. The van der Waals surface area contributed by atoms with E-state index in [0.717, 1.165) is 17.0 Å². The first-order chi connectivity index (χ1) is 12.3. The Morgan fingerprint density at radius 2 is 1.80 bits per heavy atom. The molecule has 0 bridgehead atoms. The van der Waals surface area contributed by atoms with Gasteiger partial charge in [0.05, 0.1) is 16.7 Å². The van der Waals surface area contributed by atoms with Gasteiger partial charge in [-0.25, -0.2) is 4.98 Å². The topological polar surface area (TPSA) is 54.2 Å². The van der Waals surface area contributed by atoms with Gasteiger partial charge in [0.15, 0.2) is 0 Å². The van der Waals surface area contributed by atoms with Gasteiger partial charge in [0.25, 0.3) is 0 Å². The lowest BCUT2D eigenvalue weighted by atomic mass is 10.1. The van der Waals surface area contributed by atoms with E-state index in [9.17, 15) is 0 Å². The van der Waals surface area contributed by atoms with Crippen LogP contribution in [0.3, 0.4) is 0 Å². The Kier molecular flexibility index (Phi) is 4.87. The maximum Gasteiger partial charge on any atom is 0.231 e. The van der Waals surface area contributed by atoms with E-state index in [-0.39, 0.29) is 0 Å². The fourth-order valence-corrected chi connectivity index (χ4v) is 2.78. The summed E-state index contributed by atoms with van der Waals surface area (Å²) in [7, 11) is 0. The van der Waals surface area contributed by atoms with Crippen molar-refractivity contribution in [1.82, 2.24) is 9.38 Å². The molecular weight excluding hydrogens is 334 g/mol. The molecule has 25 heavy (non-hydrogen) atoms. The first kappa shape index (κ1) is 16.8. The van der Waals surface area contributed by atoms with Crippen LogP contribution < -0.4 is 0 Å². The Labute approximate surface area is 150 Å². The van der Waals surface area contributed by atoms with Gasteiger partial charge < -0.3 is 4.42 Å². The van der Waals surface area contributed by atoms with E-state index in [1.807, 2.05) is 60.8 Å². The van der Waals surface area contributed by atoms with Gasteiger partial charge in [0.2, 0.25) is 5.71 Å². The number of nitrogens with zero attached hydrogens (tertiary/aromatic N) is 3. The highest BCUT2D eigenvalue weighted by Crippen LogP contribution is 2.33. The third kappa shape index (κ3) is 3.02. The quantitative estimate of drug-likeness (QED) is 0.458. The molecule has 0 atom stereocenters. The van der Waals surface area contributed by atoms with E-state index < -0.39 is 0 Å². The van der Waals surface area contributed by atoms with Gasteiger partial charge >= 0.3 is 0 Å². The SMILES string of the molecule is CC.N#Cc1ccc(-c2nc(-c3ccccc3Cl)c3occn23)cc1. The Bertz CT molecular complexity index is 1040. The molecule has 0 fully saturated rings. The van der Waals surface area contributed by atoms with Crippen LogP contribution in [-0.4, -0.2) is 9.38 Å². The van der Waals surface area contributed by atoms with Gasteiger partial charge in [0.1, 0.15) is 17.8 Å². The molecule has 5 heteroatoms. The highest BCUT2D eigenvalue weighted by molar-refractivity contribution is 6.33. The zero-order valence-corrected chi connectivity index (χ0v) is 14.7. The van der Waals surface area contributed by atoms with Crippen molar-refractivity contribution in [3.8, 4) is 28.7 Å². The number of hydrogen-bond acceptors (Lipinski definition) is 3. The van der Waals surface area contributed by atoms with Crippen LogP contribution in [0.5, 0.6) is 0 Å². The van der Waals surface area contributed by atoms with Crippen LogP contribution in [0.25, 0.3) is 28.4 Å². The van der Waals surface area contributed by atoms with Gasteiger partial charge in [-0.15, -0.1) is 0 Å². The maximum absolute atomic E-state index is 8.92. The lowest BCUT2D eigenvalue weighted by Gasteiger charge is -1.99. The van der Waals surface area contributed by atoms with Crippen LogP contribution in [-0.2, 0) is 0 Å². The second-order valence-electron chi connectivity index (χ2n) is 5.03. The van der Waals surface area contributed by atoms with Gasteiger partial charge in [0, 0.05) is 17.3 Å². The molecule has 4 aromatic rings. The second-order valence-corrected chi connectivity index (χ2v) is 5.44. The number of oxazole rings is 1. The van der Waals surface area contributed by atoms with Crippen LogP contribution in [0, 0.1) is 11.3 Å². The van der Waals surface area contributed by atoms with Crippen LogP contribution in [0.4, 0.5) is 0 Å². The van der Waals surface area contributed by atoms with Gasteiger partial charge in [-0.1, -0.05) is 43.6 Å². The van der Waals surface area contributed by atoms with Crippen LogP contribution in [0.1, 0.15) is 19.4 Å². The summed E-state index contributed by atoms with van der Waals surface area (Å²) in [4.78, 5) is 4.71. The lowest BCUT2D eigenvalue weighted by molar-refractivity contribution is 0.609. The number of fused-ring (bicyclic) bond motifs is 1. The molecule has 0 aliphatic rings. The summed E-state index contributed by atoms with van der Waals surface area (Å²) in [5.74, 6) is 0.744. The Hall–Kier alpha value is -3.03. The molecule has 2 heterocycles. The monoisotopic (exact) mass is 349 g/mol. The minimum Gasteiger partial charge on any atom is -0.444 e. The van der Waals surface area contributed by atoms with E-state index in [2.05, 4.69) is 6.07 Å². The highest BCUT2D eigenvalue weighted by Gasteiger charge is 2.18. The smallest absolute Gasteiger partial charge is 0.231 e. The van der Waals surface area contributed by atoms with E-state index >= 15 is 0 Å². The number of halogens is 1. The van der Waals surface area contributed by atoms with Crippen molar-refractivity contribution in [2.75, 3.05) is 0 Å². The molecule has 0 amide bonds. The zero-order chi connectivity index (χ0) is 17.8. The Balaban J connectivity index is 0.000000880. The van der Waals surface area contributed by atoms with Crippen LogP contribution in [0.15, 0.2) is 65.4 Å². The van der Waals surface area contributed by atoms with Crippen molar-refractivity contribution >= 4 is 17.3 Å². The van der Waals surface area contributed by atoms with Crippen LogP contribution in [0.2, 0.25) is 5.02 Å². The molecule has 124 valence electrons. The predicted molar refractivity (Wildman–Crippen MR) is 99.4 cm³/mol. The molecule has 0 unspecified atom stereocenters. The predicted octanol–water partition coefficient (Wildman–Crippen LogP) is 5.81. The summed E-state index contributed by atoms with van der Waals surface area (Å²) in [6.45, 7) is 4.00. The van der Waals surface area contributed by atoms with E-state index in [1.165, 1.54) is 0 Å². The van der Waals surface area contributed by atoms with E-state index in [0.29, 0.717) is 22.0 Å². The zero-order valence-electron chi connectivity index (χ0n) is 13.9. The summed E-state index contributed by atoms with van der Waals surface area (Å²) in [6.07, 6.45) is 3.43. The van der Waals surface area contributed by atoms with Crippen molar-refractivity contribution < 1.29 is 4.42 Å². The standard InChI is InChI=1S/C18H10ClN3O.C2H6/c19-15-4-2-1-3-14(15)16-18-22(9-10-23-18)17(21-16)13-7-5-12(11-20)6-8-13;1-2/h1-10H;1-2H3. The van der Waals surface area contributed by atoms with Crippen molar-refractivity contribution in [3.63, 3.8) is 0 Å². The Morgan fingerprint density at radius 1 is 1.08 bits per heavy atom. The molecular formula is C20H16ClN3O. The molecule has 0 aliphatic carbocycles. The molecule has 4 rings (SSSR count). The molecule has 0 radical (unpaired) electrons. The van der Waals surface area contributed by atoms with E-state index in [4.69, 9.17) is 26.3 Å². The van der Waals surface area contributed by atoms with E-state index in [1.54, 1.807) is 18.4 Å². The largest absolute Gasteiger partial charge is 0.444 e. The number of imidazole rings is 1. The summed E-state index contributed by atoms with van der Waals surface area (Å²) in [6, 6.07) is 16.9. The Morgan fingerprint density at radius 3 is 2.48 bits per heavy atom. The molecule has 0 spiro atoms. The third-order valence-corrected chi connectivity index (χ3v) is 3.99. The van der Waals surface area contributed by atoms with Gasteiger partial charge in [-0.2, -0.15) is 5.26 Å². The second kappa shape index (κ2) is 7.25. The van der Waals surface area contributed by atoms with Crippen molar-refractivity contribution in [1.29, 1.82) is 5.26 Å². The normalized spacial score (nSPS) is 10.2. The fourth-order valence-electron chi connectivity index (χ4n) is 2.55. The van der Waals surface area contributed by atoms with Crippen molar-refractivity contribution in [3.05, 3.63) is 71.6 Å². The van der Waals surface area contributed by atoms with Crippen molar-refractivity contribution in [2.45, 2.75) is 13.8 Å². The maximum atomic E-state index is 8.92. The summed E-state index contributed by atoms with van der Waals surface area (Å²) >= 11 is 6.29. The molecule has 0 saturated carbocycles. The summed E-state index contributed by atoms with van der Waals surface area (Å²) in [5.41, 5.74) is 3.66. The summed E-state index contributed by atoms with van der Waals surface area (Å²) < 4.78 is 7.47. The molecule has 2 aromatic carbocycles. The molecule has 4 nitrogen and oxygen atoms in total. The highest BCUT2D eigenvalue weighted by atomic mass is 35.5. The minimum atomic E-state index is 0.611. The number of benzene rings is 2. The molecule has 2 aromatic heterocycles. The average Bonchev–Trinajstić information content (AvgIpc) is 3.27. The number of nitriles is 1. The first-order valence-electron chi connectivity index (χ1n) is 7.99.